The topological polar surface area (TPSA) is 84.9 Å². The number of carbonyl (C=O) groups is 2. The molecule has 1 fully saturated rings. The highest BCUT2D eigenvalue weighted by Gasteiger charge is 2.40. The third-order valence-corrected chi connectivity index (χ3v) is 4.00. The van der Waals surface area contributed by atoms with Gasteiger partial charge in [0.2, 0.25) is 0 Å². The molecule has 2 rings (SSSR count). The Morgan fingerprint density at radius 1 is 1.43 bits per heavy atom. The maximum Gasteiger partial charge on any atom is 0.333 e. The number of anilines is 1. The molecule has 3 atom stereocenters. The maximum absolute atomic E-state index is 12.4. The second kappa shape index (κ2) is 7.31. The van der Waals surface area contributed by atoms with Gasteiger partial charge in [-0.25, -0.2) is 4.79 Å². The molecule has 0 aromatic heterocycles. The van der Waals surface area contributed by atoms with Crippen LogP contribution in [0, 0.1) is 5.92 Å². The molecule has 0 bridgehead atoms. The summed E-state index contributed by atoms with van der Waals surface area (Å²) in [6, 6.07) is 5.32. The molecule has 23 heavy (non-hydrogen) atoms. The average Bonchev–Trinajstić information content (AvgIpc) is 2.84. The number of halogens is 1. The van der Waals surface area contributed by atoms with Crippen molar-refractivity contribution in [2.24, 2.45) is 5.92 Å². The van der Waals surface area contributed by atoms with E-state index in [-0.39, 0.29) is 17.9 Å². The summed E-state index contributed by atoms with van der Waals surface area (Å²) in [6.07, 6.45) is -1.39. The molecule has 1 aliphatic rings. The van der Waals surface area contributed by atoms with E-state index in [2.05, 4.69) is 21.2 Å². The van der Waals surface area contributed by atoms with Gasteiger partial charge in [0.1, 0.15) is 11.9 Å². The summed E-state index contributed by atoms with van der Waals surface area (Å²) in [6.45, 7) is 5.55. The van der Waals surface area contributed by atoms with Gasteiger partial charge in [0.05, 0.1) is 11.8 Å². The number of benzene rings is 1. The van der Waals surface area contributed by atoms with Crippen molar-refractivity contribution in [1.29, 1.82) is 0 Å². The maximum atomic E-state index is 12.4. The number of carboxylic acid groups (broad SMARTS) is 1. The van der Waals surface area contributed by atoms with Crippen molar-refractivity contribution in [3.8, 4) is 5.75 Å². The van der Waals surface area contributed by atoms with Gasteiger partial charge >= 0.3 is 5.97 Å². The van der Waals surface area contributed by atoms with Crippen LogP contribution in [0.25, 0.3) is 0 Å². The molecule has 1 aromatic rings. The highest BCUT2D eigenvalue weighted by atomic mass is 79.9. The van der Waals surface area contributed by atoms with Crippen molar-refractivity contribution in [3.05, 3.63) is 22.7 Å². The first kappa shape index (κ1) is 17.7. The lowest BCUT2D eigenvalue weighted by Gasteiger charge is -2.17. The third-order valence-electron chi connectivity index (χ3n) is 3.51. The fourth-order valence-electron chi connectivity index (χ4n) is 2.47. The number of carbonyl (C=O) groups excluding carboxylic acids is 1. The normalized spacial score (nSPS) is 23.8. The van der Waals surface area contributed by atoms with Crippen LogP contribution >= 0.6 is 15.9 Å². The van der Waals surface area contributed by atoms with Crippen molar-refractivity contribution in [2.75, 3.05) is 5.32 Å². The number of nitrogens with one attached hydrogen (secondary N) is 1. The number of rotatable bonds is 5. The Hall–Kier alpha value is -1.60. The van der Waals surface area contributed by atoms with Gasteiger partial charge in [0, 0.05) is 4.47 Å². The SMILES string of the molecule is CC(C)Oc1ccc(Br)cc1NC(=O)[C@@H]1C[C@H](C)[C@@H](C(=O)O)O1. The van der Waals surface area contributed by atoms with E-state index in [1.54, 1.807) is 19.1 Å². The van der Waals surface area contributed by atoms with Gasteiger partial charge in [-0.1, -0.05) is 22.9 Å². The number of ether oxygens (including phenoxy) is 2. The monoisotopic (exact) mass is 385 g/mol. The van der Waals surface area contributed by atoms with Gasteiger partial charge < -0.3 is 19.9 Å². The van der Waals surface area contributed by atoms with Gasteiger partial charge in [0.15, 0.2) is 6.10 Å². The van der Waals surface area contributed by atoms with Crippen LogP contribution in [0.15, 0.2) is 22.7 Å². The molecule has 2 N–H and O–H groups in total. The first-order valence-electron chi connectivity index (χ1n) is 7.43. The molecular weight excluding hydrogens is 366 g/mol. The number of carboxylic acids is 1. The quantitative estimate of drug-likeness (QED) is 0.813. The van der Waals surface area contributed by atoms with Crippen LogP contribution in [0.5, 0.6) is 5.75 Å². The van der Waals surface area contributed by atoms with Crippen molar-refractivity contribution in [3.63, 3.8) is 0 Å². The molecule has 1 aromatic carbocycles. The van der Waals surface area contributed by atoms with Crippen LogP contribution in [0.1, 0.15) is 27.2 Å². The molecule has 1 saturated heterocycles. The lowest BCUT2D eigenvalue weighted by atomic mass is 10.0. The molecule has 1 aliphatic heterocycles. The van der Waals surface area contributed by atoms with E-state index in [1.807, 2.05) is 19.9 Å². The van der Waals surface area contributed by atoms with Gasteiger partial charge in [-0.3, -0.25) is 4.79 Å². The van der Waals surface area contributed by atoms with Gasteiger partial charge in [-0.2, -0.15) is 0 Å². The zero-order valence-corrected chi connectivity index (χ0v) is 14.8. The summed E-state index contributed by atoms with van der Waals surface area (Å²) < 4.78 is 11.8. The van der Waals surface area contributed by atoms with E-state index in [0.717, 1.165) is 4.47 Å². The van der Waals surface area contributed by atoms with Crippen molar-refractivity contribution in [1.82, 2.24) is 0 Å². The summed E-state index contributed by atoms with van der Waals surface area (Å²) >= 11 is 3.36. The predicted octanol–water partition coefficient (Wildman–Crippen LogP) is 3.05. The summed E-state index contributed by atoms with van der Waals surface area (Å²) in [4.78, 5) is 23.5. The van der Waals surface area contributed by atoms with E-state index in [4.69, 9.17) is 14.6 Å². The van der Waals surface area contributed by atoms with E-state index in [9.17, 15) is 9.59 Å². The Kier molecular flexibility index (Phi) is 5.64. The van der Waals surface area contributed by atoms with Crippen molar-refractivity contribution < 1.29 is 24.2 Å². The molecule has 1 heterocycles. The van der Waals surface area contributed by atoms with E-state index in [0.29, 0.717) is 17.9 Å². The number of hydrogen-bond donors (Lipinski definition) is 2. The fraction of sp³-hybridized carbons (Fsp3) is 0.500. The smallest absolute Gasteiger partial charge is 0.333 e. The summed E-state index contributed by atoms with van der Waals surface area (Å²) in [7, 11) is 0. The Labute approximate surface area is 143 Å². The molecule has 0 radical (unpaired) electrons. The second-order valence-electron chi connectivity index (χ2n) is 5.89. The van der Waals surface area contributed by atoms with Gasteiger partial charge in [0.25, 0.3) is 5.91 Å². The molecular formula is C16H20BrNO5. The minimum absolute atomic E-state index is 0.0361. The zero-order chi connectivity index (χ0) is 17.1. The molecule has 6 nitrogen and oxygen atoms in total. The molecule has 0 saturated carbocycles. The molecule has 1 amide bonds. The minimum Gasteiger partial charge on any atom is -0.489 e. The highest BCUT2D eigenvalue weighted by Crippen LogP contribution is 2.31. The molecule has 7 heteroatoms. The number of aliphatic carboxylic acids is 1. The summed E-state index contributed by atoms with van der Waals surface area (Å²) in [5, 5.41) is 11.8. The van der Waals surface area contributed by atoms with Crippen LogP contribution < -0.4 is 10.1 Å². The van der Waals surface area contributed by atoms with Gasteiger partial charge in [-0.15, -0.1) is 0 Å². The highest BCUT2D eigenvalue weighted by molar-refractivity contribution is 9.10. The summed E-state index contributed by atoms with van der Waals surface area (Å²) in [5.41, 5.74) is 0.521. The molecule has 0 unspecified atom stereocenters. The van der Waals surface area contributed by atoms with Crippen molar-refractivity contribution >= 4 is 33.5 Å². The van der Waals surface area contributed by atoms with E-state index < -0.39 is 18.2 Å². The average molecular weight is 386 g/mol. The second-order valence-corrected chi connectivity index (χ2v) is 6.81. The largest absolute Gasteiger partial charge is 0.489 e. The molecule has 0 aliphatic carbocycles. The fourth-order valence-corrected chi connectivity index (χ4v) is 2.83. The first-order chi connectivity index (χ1) is 10.8. The molecule has 126 valence electrons. The standard InChI is InChI=1S/C16H20BrNO5/c1-8(2)22-12-5-4-10(17)7-11(12)18-15(19)13-6-9(3)14(23-13)16(20)21/h4-5,7-9,13-14H,6H2,1-3H3,(H,18,19)(H,20,21)/t9-,13-,14-/m0/s1. The van der Waals surface area contributed by atoms with Crippen LogP contribution in [0.2, 0.25) is 0 Å². The predicted molar refractivity (Wildman–Crippen MR) is 88.6 cm³/mol. The van der Waals surface area contributed by atoms with E-state index in [1.165, 1.54) is 0 Å². The minimum atomic E-state index is -1.04. The number of amides is 1. The third kappa shape index (κ3) is 4.45. The lowest BCUT2D eigenvalue weighted by molar-refractivity contribution is -0.152. The van der Waals surface area contributed by atoms with Crippen LogP contribution in [0.3, 0.4) is 0 Å². The zero-order valence-electron chi connectivity index (χ0n) is 13.2. The van der Waals surface area contributed by atoms with Crippen LogP contribution in [0.4, 0.5) is 5.69 Å². The summed E-state index contributed by atoms with van der Waals surface area (Å²) in [5.74, 6) is -1.07. The van der Waals surface area contributed by atoms with Gasteiger partial charge in [-0.05, 0) is 44.4 Å². The number of hydrogen-bond acceptors (Lipinski definition) is 4. The Balaban J connectivity index is 2.11. The van der Waals surface area contributed by atoms with Crippen LogP contribution in [-0.4, -0.2) is 35.3 Å². The molecule has 0 spiro atoms. The first-order valence-corrected chi connectivity index (χ1v) is 8.22. The van der Waals surface area contributed by atoms with Crippen molar-refractivity contribution in [2.45, 2.75) is 45.5 Å². The Bertz CT molecular complexity index is 604. The Morgan fingerprint density at radius 3 is 2.70 bits per heavy atom. The van der Waals surface area contributed by atoms with E-state index >= 15 is 0 Å². The lowest BCUT2D eigenvalue weighted by Crippen LogP contribution is -2.30. The van der Waals surface area contributed by atoms with Crippen LogP contribution in [-0.2, 0) is 14.3 Å². The Morgan fingerprint density at radius 2 is 2.13 bits per heavy atom.